The Kier molecular flexibility index (Phi) is 8.28. The maximum absolute atomic E-state index is 11.4. The SMILES string of the molecule is CC(=O)N[C@@H]1[C@@H](O)[C@@H](O)[C@@H](CO[C@@H]2O[C@H](CO)[C@H](O)[C@H](O)[C@H]2NC(C)=O)O[C@@H]1O. The quantitative estimate of drug-likeness (QED) is 0.202. The highest BCUT2D eigenvalue weighted by atomic mass is 16.7. The summed E-state index contributed by atoms with van der Waals surface area (Å²) in [5.41, 5.74) is 0. The molecule has 0 saturated carbocycles. The molecule has 2 saturated heterocycles. The van der Waals surface area contributed by atoms with Crippen molar-refractivity contribution < 1.29 is 54.4 Å². The van der Waals surface area contributed by atoms with Crippen LogP contribution in [0.3, 0.4) is 0 Å². The van der Waals surface area contributed by atoms with Gasteiger partial charge in [-0.25, -0.2) is 0 Å². The maximum atomic E-state index is 11.4. The monoisotopic (exact) mass is 424 g/mol. The Hall–Kier alpha value is -1.42. The zero-order chi connectivity index (χ0) is 21.9. The summed E-state index contributed by atoms with van der Waals surface area (Å²) in [6.07, 6.45) is -11.5. The molecule has 0 unspecified atom stereocenters. The molecular formula is C16H28N2O11. The van der Waals surface area contributed by atoms with Gasteiger partial charge in [0.05, 0.1) is 13.2 Å². The number of hydrogen-bond acceptors (Lipinski definition) is 11. The van der Waals surface area contributed by atoms with E-state index < -0.39 is 86.3 Å². The Labute approximate surface area is 166 Å². The Morgan fingerprint density at radius 2 is 1.34 bits per heavy atom. The zero-order valence-electron chi connectivity index (χ0n) is 15.9. The number of carbonyl (C=O) groups excluding carboxylic acids is 2. The summed E-state index contributed by atoms with van der Waals surface area (Å²) in [5.74, 6) is -1.09. The van der Waals surface area contributed by atoms with Gasteiger partial charge < -0.3 is 55.5 Å². The minimum Gasteiger partial charge on any atom is -0.394 e. The van der Waals surface area contributed by atoms with E-state index >= 15 is 0 Å². The lowest BCUT2D eigenvalue weighted by Crippen LogP contribution is -2.66. The van der Waals surface area contributed by atoms with Crippen LogP contribution in [0.4, 0.5) is 0 Å². The highest BCUT2D eigenvalue weighted by molar-refractivity contribution is 5.73. The van der Waals surface area contributed by atoms with Crippen molar-refractivity contribution in [3.8, 4) is 0 Å². The number of nitrogens with one attached hydrogen (secondary N) is 2. The van der Waals surface area contributed by atoms with Crippen molar-refractivity contribution in [2.45, 2.75) is 75.1 Å². The smallest absolute Gasteiger partial charge is 0.217 e. The molecule has 0 radical (unpaired) electrons. The molecule has 0 aliphatic carbocycles. The van der Waals surface area contributed by atoms with Gasteiger partial charge in [-0.2, -0.15) is 0 Å². The molecule has 0 aromatic heterocycles. The molecule has 0 bridgehead atoms. The van der Waals surface area contributed by atoms with Crippen LogP contribution in [0.5, 0.6) is 0 Å². The van der Waals surface area contributed by atoms with Gasteiger partial charge in [0, 0.05) is 13.8 Å². The summed E-state index contributed by atoms with van der Waals surface area (Å²) in [5, 5.41) is 64.4. The van der Waals surface area contributed by atoms with Crippen molar-refractivity contribution in [2.75, 3.05) is 13.2 Å². The van der Waals surface area contributed by atoms with E-state index in [-0.39, 0.29) is 0 Å². The van der Waals surface area contributed by atoms with Crippen LogP contribution in [0, 0.1) is 0 Å². The summed E-state index contributed by atoms with van der Waals surface area (Å²) in [4.78, 5) is 22.6. The summed E-state index contributed by atoms with van der Waals surface area (Å²) >= 11 is 0. The van der Waals surface area contributed by atoms with E-state index in [9.17, 15) is 40.2 Å². The van der Waals surface area contributed by atoms with Gasteiger partial charge in [-0.15, -0.1) is 0 Å². The fourth-order valence-corrected chi connectivity index (χ4v) is 3.28. The molecule has 2 rings (SSSR count). The minimum atomic E-state index is -1.64. The van der Waals surface area contributed by atoms with Crippen molar-refractivity contribution in [2.24, 2.45) is 0 Å². The summed E-state index contributed by atoms with van der Waals surface area (Å²) in [6.45, 7) is 1.26. The summed E-state index contributed by atoms with van der Waals surface area (Å²) in [7, 11) is 0. The summed E-state index contributed by atoms with van der Waals surface area (Å²) in [6, 6.07) is -2.46. The van der Waals surface area contributed by atoms with Gasteiger partial charge in [0.25, 0.3) is 0 Å². The molecule has 2 aliphatic rings. The molecule has 2 heterocycles. The molecule has 0 aromatic carbocycles. The fourth-order valence-electron chi connectivity index (χ4n) is 3.28. The van der Waals surface area contributed by atoms with Crippen molar-refractivity contribution in [1.82, 2.24) is 10.6 Å². The van der Waals surface area contributed by atoms with Crippen LogP contribution in [0.1, 0.15) is 13.8 Å². The highest BCUT2D eigenvalue weighted by Crippen LogP contribution is 2.25. The van der Waals surface area contributed by atoms with Crippen LogP contribution >= 0.6 is 0 Å². The van der Waals surface area contributed by atoms with Gasteiger partial charge >= 0.3 is 0 Å². The normalized spacial score (nSPS) is 42.9. The topological polar surface area (TPSA) is 207 Å². The van der Waals surface area contributed by atoms with Crippen molar-refractivity contribution in [3.05, 3.63) is 0 Å². The first-order valence-electron chi connectivity index (χ1n) is 9.04. The van der Waals surface area contributed by atoms with Gasteiger partial charge in [0.1, 0.15) is 48.7 Å². The van der Waals surface area contributed by atoms with Gasteiger partial charge in [0.2, 0.25) is 11.8 Å². The number of ether oxygens (including phenoxy) is 3. The van der Waals surface area contributed by atoms with Crippen LogP contribution in [-0.4, -0.2) is 117 Å². The molecule has 168 valence electrons. The van der Waals surface area contributed by atoms with Crippen molar-refractivity contribution >= 4 is 11.8 Å². The molecule has 2 fully saturated rings. The van der Waals surface area contributed by atoms with Gasteiger partial charge in [-0.1, -0.05) is 0 Å². The first-order valence-corrected chi connectivity index (χ1v) is 9.04. The largest absolute Gasteiger partial charge is 0.394 e. The number of aliphatic hydroxyl groups is 6. The van der Waals surface area contributed by atoms with Crippen molar-refractivity contribution in [3.63, 3.8) is 0 Å². The second-order valence-electron chi connectivity index (χ2n) is 7.04. The van der Waals surface area contributed by atoms with E-state index in [4.69, 9.17) is 14.2 Å². The molecule has 2 aliphatic heterocycles. The minimum absolute atomic E-state index is 0.455. The Bertz CT molecular complexity index is 579. The Morgan fingerprint density at radius 1 is 0.828 bits per heavy atom. The molecule has 2 amide bonds. The van der Waals surface area contributed by atoms with E-state index in [0.717, 1.165) is 0 Å². The number of aliphatic hydroxyl groups excluding tert-OH is 6. The Balaban J connectivity index is 2.05. The molecule has 13 nitrogen and oxygen atoms in total. The lowest BCUT2D eigenvalue weighted by atomic mass is 9.96. The molecule has 29 heavy (non-hydrogen) atoms. The van der Waals surface area contributed by atoms with Crippen LogP contribution < -0.4 is 10.6 Å². The van der Waals surface area contributed by atoms with E-state index in [2.05, 4.69) is 10.6 Å². The first-order chi connectivity index (χ1) is 13.6. The standard InChI is InChI=1S/C16H28N2O11/c1-5(20)17-9-13(24)12(23)8(28-15(9)26)4-27-16-10(18-6(2)21)14(25)11(22)7(3-19)29-16/h7-16,19,22-26H,3-4H2,1-2H3,(H,17,20)(H,18,21)/t7-,8-,9-,10-,11+,12+,13-,14-,15+,16-/m1/s1. The fraction of sp³-hybridized carbons (Fsp3) is 0.875. The Morgan fingerprint density at radius 3 is 1.90 bits per heavy atom. The number of hydrogen-bond donors (Lipinski definition) is 8. The first kappa shape index (κ1) is 23.9. The third kappa shape index (κ3) is 5.59. The third-order valence-electron chi connectivity index (χ3n) is 4.77. The summed E-state index contributed by atoms with van der Waals surface area (Å²) < 4.78 is 16.0. The third-order valence-corrected chi connectivity index (χ3v) is 4.77. The average Bonchev–Trinajstić information content (AvgIpc) is 2.65. The lowest BCUT2D eigenvalue weighted by Gasteiger charge is -2.44. The number of rotatable bonds is 6. The van der Waals surface area contributed by atoms with Crippen LogP contribution in [-0.2, 0) is 23.8 Å². The average molecular weight is 424 g/mol. The molecule has 0 spiro atoms. The second kappa shape index (κ2) is 10.1. The van der Waals surface area contributed by atoms with Gasteiger partial charge in [-0.3, -0.25) is 9.59 Å². The van der Waals surface area contributed by atoms with Crippen molar-refractivity contribution in [1.29, 1.82) is 0 Å². The lowest BCUT2D eigenvalue weighted by molar-refractivity contribution is -0.297. The predicted molar refractivity (Wildman–Crippen MR) is 91.8 cm³/mol. The van der Waals surface area contributed by atoms with E-state index in [1.54, 1.807) is 0 Å². The van der Waals surface area contributed by atoms with E-state index in [1.165, 1.54) is 13.8 Å². The van der Waals surface area contributed by atoms with Gasteiger partial charge in [0.15, 0.2) is 12.6 Å². The van der Waals surface area contributed by atoms with E-state index in [0.29, 0.717) is 0 Å². The highest BCUT2D eigenvalue weighted by Gasteiger charge is 2.48. The predicted octanol–water partition coefficient (Wildman–Crippen LogP) is -5.11. The van der Waals surface area contributed by atoms with E-state index in [1.807, 2.05) is 0 Å². The molecular weight excluding hydrogens is 396 g/mol. The van der Waals surface area contributed by atoms with Crippen LogP contribution in [0.25, 0.3) is 0 Å². The second-order valence-corrected chi connectivity index (χ2v) is 7.04. The molecule has 10 atom stereocenters. The zero-order valence-corrected chi connectivity index (χ0v) is 15.9. The van der Waals surface area contributed by atoms with Gasteiger partial charge in [-0.05, 0) is 0 Å². The number of carbonyl (C=O) groups is 2. The molecule has 8 N–H and O–H groups in total. The molecule has 13 heteroatoms. The van der Waals surface area contributed by atoms with Crippen LogP contribution in [0.2, 0.25) is 0 Å². The number of amides is 2. The van der Waals surface area contributed by atoms with Crippen LogP contribution in [0.15, 0.2) is 0 Å². The molecule has 0 aromatic rings. The maximum Gasteiger partial charge on any atom is 0.217 e.